The molecule has 1 aliphatic rings. The molecule has 0 bridgehead atoms. The highest BCUT2D eigenvalue weighted by Crippen LogP contribution is 2.29. The van der Waals surface area contributed by atoms with Crippen LogP contribution in [-0.2, 0) is 0 Å². The average Bonchev–Trinajstić information content (AvgIpc) is 2.42. The van der Waals surface area contributed by atoms with Gasteiger partial charge in [0.1, 0.15) is 5.52 Å². The molecule has 0 radical (unpaired) electrons. The molecule has 1 saturated carbocycles. The summed E-state index contributed by atoms with van der Waals surface area (Å²) < 4.78 is 0. The van der Waals surface area contributed by atoms with Crippen LogP contribution in [0.5, 0.6) is 0 Å². The van der Waals surface area contributed by atoms with E-state index in [1.807, 2.05) is 12.3 Å². The van der Waals surface area contributed by atoms with Crippen LogP contribution in [-0.4, -0.2) is 38.7 Å². The summed E-state index contributed by atoms with van der Waals surface area (Å²) in [5.41, 5.74) is 0.835. The Morgan fingerprint density at radius 2 is 2.14 bits per heavy atom. The molecular formula is C15H21N5O. The molecule has 0 atom stereocenters. The van der Waals surface area contributed by atoms with Gasteiger partial charge in [0.15, 0.2) is 5.82 Å². The first-order valence-corrected chi connectivity index (χ1v) is 7.41. The van der Waals surface area contributed by atoms with Gasteiger partial charge in [0.25, 0.3) is 0 Å². The van der Waals surface area contributed by atoms with Gasteiger partial charge in [-0.25, -0.2) is 15.0 Å². The van der Waals surface area contributed by atoms with Crippen molar-refractivity contribution in [2.75, 3.05) is 17.2 Å². The quantitative estimate of drug-likeness (QED) is 0.780. The number of aliphatic hydroxyl groups excluding tert-OH is 1. The van der Waals surface area contributed by atoms with E-state index in [-0.39, 0.29) is 6.61 Å². The van der Waals surface area contributed by atoms with Crippen molar-refractivity contribution in [2.45, 2.75) is 38.8 Å². The van der Waals surface area contributed by atoms with Crippen LogP contribution < -0.4 is 10.6 Å². The van der Waals surface area contributed by atoms with E-state index in [0.29, 0.717) is 23.9 Å². The Kier molecular flexibility index (Phi) is 3.88. The zero-order valence-electron chi connectivity index (χ0n) is 12.4. The molecule has 21 heavy (non-hydrogen) atoms. The minimum atomic E-state index is 0.267. The molecule has 0 saturated heterocycles. The molecule has 0 aromatic carbocycles. The molecule has 3 rings (SSSR count). The number of fused-ring (bicyclic) bond motifs is 1. The van der Waals surface area contributed by atoms with Crippen molar-refractivity contribution in [1.82, 2.24) is 15.0 Å². The molecule has 0 aliphatic heterocycles. The molecule has 3 N–H and O–H groups in total. The Bertz CT molecular complexity index is 624. The number of anilines is 2. The van der Waals surface area contributed by atoms with E-state index >= 15 is 0 Å². The highest BCUT2D eigenvalue weighted by molar-refractivity contribution is 5.88. The van der Waals surface area contributed by atoms with E-state index in [9.17, 15) is 0 Å². The van der Waals surface area contributed by atoms with Crippen molar-refractivity contribution in [3.63, 3.8) is 0 Å². The monoisotopic (exact) mass is 287 g/mol. The fraction of sp³-hybridized carbons (Fsp3) is 0.533. The number of aromatic nitrogens is 3. The first-order valence-electron chi connectivity index (χ1n) is 7.41. The second-order valence-electron chi connectivity index (χ2n) is 5.95. The summed E-state index contributed by atoms with van der Waals surface area (Å²) in [5.74, 6) is 1.83. The predicted molar refractivity (Wildman–Crippen MR) is 83.3 cm³/mol. The number of aliphatic hydroxyl groups is 1. The number of hydrogen-bond acceptors (Lipinski definition) is 6. The molecule has 1 aliphatic carbocycles. The maximum atomic E-state index is 9.06. The van der Waals surface area contributed by atoms with Gasteiger partial charge in [-0.1, -0.05) is 0 Å². The summed E-state index contributed by atoms with van der Waals surface area (Å²) in [6.07, 6.45) is 5.53. The van der Waals surface area contributed by atoms with Gasteiger partial charge in [-0.15, -0.1) is 0 Å². The molecule has 1 fully saturated rings. The number of nitrogens with zero attached hydrogens (tertiary/aromatic N) is 3. The maximum Gasteiger partial charge on any atom is 0.223 e. The van der Waals surface area contributed by atoms with Gasteiger partial charge in [-0.05, 0) is 38.7 Å². The molecule has 6 nitrogen and oxygen atoms in total. The minimum Gasteiger partial charge on any atom is -0.396 e. The van der Waals surface area contributed by atoms with Gasteiger partial charge >= 0.3 is 0 Å². The highest BCUT2D eigenvalue weighted by atomic mass is 16.3. The molecule has 112 valence electrons. The third-order valence-electron chi connectivity index (χ3n) is 3.75. The Hall–Kier alpha value is -1.95. The SMILES string of the molecule is CC(C)Nc1nccc2cnc(NC3CC(CO)C3)nc12. The molecule has 0 amide bonds. The second kappa shape index (κ2) is 5.81. The largest absolute Gasteiger partial charge is 0.396 e. The molecule has 2 aromatic rings. The lowest BCUT2D eigenvalue weighted by molar-refractivity contribution is 0.151. The lowest BCUT2D eigenvalue weighted by atomic mass is 9.81. The maximum absolute atomic E-state index is 9.06. The predicted octanol–water partition coefficient (Wildman–Crippen LogP) is 2.03. The second-order valence-corrected chi connectivity index (χ2v) is 5.95. The topological polar surface area (TPSA) is 83.0 Å². The third-order valence-corrected chi connectivity index (χ3v) is 3.75. The lowest BCUT2D eigenvalue weighted by Crippen LogP contribution is -2.37. The van der Waals surface area contributed by atoms with Crippen LogP contribution in [0.4, 0.5) is 11.8 Å². The van der Waals surface area contributed by atoms with E-state index in [1.165, 1.54) is 0 Å². The highest BCUT2D eigenvalue weighted by Gasteiger charge is 2.28. The van der Waals surface area contributed by atoms with E-state index in [0.717, 1.165) is 29.6 Å². The molecule has 2 aromatic heterocycles. The van der Waals surface area contributed by atoms with Crippen LogP contribution in [0, 0.1) is 5.92 Å². The smallest absolute Gasteiger partial charge is 0.223 e. The Morgan fingerprint density at radius 1 is 1.33 bits per heavy atom. The average molecular weight is 287 g/mol. The fourth-order valence-corrected chi connectivity index (χ4v) is 2.59. The van der Waals surface area contributed by atoms with Crippen molar-refractivity contribution in [3.05, 3.63) is 18.5 Å². The van der Waals surface area contributed by atoms with E-state index in [2.05, 4.69) is 39.4 Å². The van der Waals surface area contributed by atoms with Crippen LogP contribution in [0.1, 0.15) is 26.7 Å². The Morgan fingerprint density at radius 3 is 2.86 bits per heavy atom. The number of hydrogen-bond donors (Lipinski definition) is 3. The van der Waals surface area contributed by atoms with Crippen LogP contribution in [0.3, 0.4) is 0 Å². The van der Waals surface area contributed by atoms with Crippen molar-refractivity contribution < 1.29 is 5.11 Å². The minimum absolute atomic E-state index is 0.267. The summed E-state index contributed by atoms with van der Waals surface area (Å²) in [6, 6.07) is 2.57. The molecule has 6 heteroatoms. The lowest BCUT2D eigenvalue weighted by Gasteiger charge is -2.34. The summed E-state index contributed by atoms with van der Waals surface area (Å²) in [7, 11) is 0. The van der Waals surface area contributed by atoms with Gasteiger partial charge in [-0.3, -0.25) is 0 Å². The number of rotatable bonds is 5. The summed E-state index contributed by atoms with van der Waals surface area (Å²) >= 11 is 0. The standard InChI is InChI=1S/C15H21N5O/c1-9(2)18-14-13-11(3-4-16-14)7-17-15(20-13)19-12-5-10(6-12)8-21/h3-4,7,9-10,12,21H,5-6,8H2,1-2H3,(H,16,18)(H,17,19,20). The summed E-state index contributed by atoms with van der Waals surface area (Å²) in [6.45, 7) is 4.41. The van der Waals surface area contributed by atoms with Crippen LogP contribution in [0.15, 0.2) is 18.5 Å². The van der Waals surface area contributed by atoms with E-state index < -0.39 is 0 Å². The first-order chi connectivity index (χ1) is 10.2. The number of pyridine rings is 1. The third kappa shape index (κ3) is 3.05. The fourth-order valence-electron chi connectivity index (χ4n) is 2.59. The first kappa shape index (κ1) is 14.0. The summed E-state index contributed by atoms with van der Waals surface area (Å²) in [4.78, 5) is 13.3. The van der Waals surface area contributed by atoms with E-state index in [4.69, 9.17) is 5.11 Å². The summed E-state index contributed by atoms with van der Waals surface area (Å²) in [5, 5.41) is 16.7. The molecular weight excluding hydrogens is 266 g/mol. The van der Waals surface area contributed by atoms with E-state index in [1.54, 1.807) is 6.20 Å². The van der Waals surface area contributed by atoms with Crippen LogP contribution in [0.25, 0.3) is 10.9 Å². The van der Waals surface area contributed by atoms with Crippen LogP contribution >= 0.6 is 0 Å². The van der Waals surface area contributed by atoms with Crippen LogP contribution in [0.2, 0.25) is 0 Å². The van der Waals surface area contributed by atoms with Gasteiger partial charge in [0.2, 0.25) is 5.95 Å². The zero-order valence-corrected chi connectivity index (χ0v) is 12.4. The number of nitrogens with one attached hydrogen (secondary N) is 2. The molecule has 0 unspecified atom stereocenters. The normalized spacial score (nSPS) is 21.3. The Labute approximate surface area is 124 Å². The van der Waals surface area contributed by atoms with Crippen molar-refractivity contribution >= 4 is 22.7 Å². The van der Waals surface area contributed by atoms with Gasteiger partial charge < -0.3 is 15.7 Å². The van der Waals surface area contributed by atoms with Gasteiger partial charge in [0, 0.05) is 36.5 Å². The molecule has 2 heterocycles. The Balaban J connectivity index is 1.81. The van der Waals surface area contributed by atoms with Crippen molar-refractivity contribution in [1.29, 1.82) is 0 Å². The van der Waals surface area contributed by atoms with Gasteiger partial charge in [-0.2, -0.15) is 0 Å². The van der Waals surface area contributed by atoms with Crippen molar-refractivity contribution in [3.8, 4) is 0 Å². The zero-order chi connectivity index (χ0) is 14.8. The van der Waals surface area contributed by atoms with Gasteiger partial charge in [0.05, 0.1) is 0 Å². The molecule has 0 spiro atoms. The van der Waals surface area contributed by atoms with Crippen molar-refractivity contribution in [2.24, 2.45) is 5.92 Å².